The molecule has 40 heteroatoms. The van der Waals surface area contributed by atoms with Crippen LogP contribution >= 0.6 is 0 Å². The fraction of sp³-hybridized carbons (Fsp3) is 0.860. The van der Waals surface area contributed by atoms with E-state index in [-0.39, 0.29) is 94.7 Å². The van der Waals surface area contributed by atoms with Crippen molar-refractivity contribution in [3.05, 3.63) is 0 Å². The Morgan fingerprint density at radius 3 is 1.43 bits per heavy atom. The predicted octanol–water partition coefficient (Wildman–Crippen LogP) is 14.8. The second-order valence-corrected chi connectivity index (χ2v) is 46.8. The zero-order valence-electron chi connectivity index (χ0n) is 90.9. The van der Waals surface area contributed by atoms with Crippen molar-refractivity contribution in [2.75, 3.05) is 74.2 Å². The molecule has 0 aromatic carbocycles. The molecule has 16 fully saturated rings. The Bertz CT molecular complexity index is 4680. The third kappa shape index (κ3) is 26.7. The zero-order valence-corrected chi connectivity index (χ0v) is 90.9. The van der Waals surface area contributed by atoms with Gasteiger partial charge < -0.3 is 109 Å². The number of cyclic esters (lactones) is 5. The molecule has 0 aromatic heterocycles. The molecule has 1 spiro atoms. The maximum Gasteiger partial charge on any atom is 0.381 e. The summed E-state index contributed by atoms with van der Waals surface area (Å²) in [4.78, 5) is 177. The minimum Gasteiger partial charge on any atom is -0.469 e. The van der Waals surface area contributed by atoms with Gasteiger partial charge in [-0.2, -0.15) is 8.78 Å². The lowest BCUT2D eigenvalue weighted by atomic mass is 9.64. The molecular formula is C107H170F2O38. The standard InChI is InChI=1S/C18H28O9.C18H26O8.C14H22O5.C14H18O2.C12H18F2O4.C12H20O4.C10H16O4.C7H14O2.2CH4/c1-8-16(2,3)15(20)25-11-9-10(23-13(11)19)12-14(24-9)27-18(5,22-7)17(4,21-6)26-12;1-6-16(2,3)14(20)22-9-12(19)25-18-7-10(23-15(18)21)13-11(8-18)24-17(4,5)26-13;1-4-13(2,3)11(15)19-10-9-17-7-5-14(10)6-8-18-12(14)16;15-14-13-9-4-8(10(13)5-16-14)11-6-1-2-7(3-6)12(9)11;1-5-10(2,3)8(15)18-11(4)6-7-17-9(16)12(11,13)14;1-6-11(2,3)10(14)16-8-9(13)15-7-12(8,4)5;1-4-10(2,3)9(12)14-7-5-6-13-8(7)11;1-5-7(2,3)6(8)9-4;;/h9-12,14H,8H2,1-7H3;10-11,13H,6-9H2,1-5H3;10H,4-9H2,1-3H3;6-13H,1-5H2;5-7H2,1-4H3;8H,6-7H2,1-5H3;7H,4-6H2,1-3H3;5H2,1-4H3;2*1H4. The van der Waals surface area contributed by atoms with E-state index in [1.165, 1.54) is 47.0 Å². The Balaban J connectivity index is 0.000000231. The first kappa shape index (κ1) is 125. The lowest BCUT2D eigenvalue weighted by Gasteiger charge is -2.50. The van der Waals surface area contributed by atoms with Crippen LogP contribution in [0.4, 0.5) is 8.78 Å². The van der Waals surface area contributed by atoms with Crippen LogP contribution in [0, 0.1) is 96.1 Å². The highest BCUT2D eigenvalue weighted by Crippen LogP contribution is 2.71. The predicted molar refractivity (Wildman–Crippen MR) is 518 cm³/mol. The Morgan fingerprint density at radius 1 is 0.422 bits per heavy atom. The first-order chi connectivity index (χ1) is 67.0. The zero-order chi connectivity index (χ0) is 109. The second-order valence-electron chi connectivity index (χ2n) is 46.8. The van der Waals surface area contributed by atoms with Crippen molar-refractivity contribution >= 4 is 89.5 Å². The third-order valence-electron chi connectivity index (χ3n) is 33.4. The summed E-state index contributed by atoms with van der Waals surface area (Å²) in [5.41, 5.74) is -8.85. The summed E-state index contributed by atoms with van der Waals surface area (Å²) in [6.07, 6.45) is 4.47. The summed E-state index contributed by atoms with van der Waals surface area (Å²) in [5, 5.41) is 0. The number of halogens is 2. The molecule has 6 bridgehead atoms. The molecule has 840 valence electrons. The Hall–Kier alpha value is -8.41. The number of methoxy groups -OCH3 is 3. The average molecular weight is 2100 g/mol. The van der Waals surface area contributed by atoms with E-state index >= 15 is 0 Å². The SMILES string of the molecule is C.C.CCC(C)(C)C(=O)OC.CCC(C)(C)C(=O)OC1(C)CCOC(=O)C1(F)F.CCC(C)(C)C(=O)OC1C(=O)OC2C3OC(C)(OC)C(C)(OC)OC3OC12.CCC(C)(C)C(=O)OC1C(=O)OCC1(C)C.CCC(C)(C)C(=O)OC1CCOC1=O.CCC(C)(C)C(=O)OC1COCCC12CCOC2=O.CCC(C)(C)C(=O)OCC(=O)OC12CC(OC1=O)C1OC(C)(C)OC1C2.O=C1OCC2C3CC(C12)C1C2CCC(C2)C31. The molecule has 0 amide bonds. The topological polar surface area (TPSA) is 468 Å². The fourth-order valence-corrected chi connectivity index (χ4v) is 20.0. The number of fused-ring (bicyclic) bond motifs is 19. The van der Waals surface area contributed by atoms with Crippen LogP contribution in [0.1, 0.15) is 318 Å². The number of esters is 15. The van der Waals surface area contributed by atoms with Crippen molar-refractivity contribution in [2.45, 2.75) is 420 Å². The summed E-state index contributed by atoms with van der Waals surface area (Å²) in [6.45, 7) is 51.6. The smallest absolute Gasteiger partial charge is 0.381 e. The van der Waals surface area contributed by atoms with Crippen molar-refractivity contribution in [1.29, 1.82) is 0 Å². The molecule has 11 aliphatic heterocycles. The normalized spacial score (nSPS) is 34.1. The molecule has 16 aliphatic rings. The van der Waals surface area contributed by atoms with Gasteiger partial charge in [0.25, 0.3) is 0 Å². The van der Waals surface area contributed by atoms with Crippen LogP contribution in [0.25, 0.3) is 0 Å². The Labute approximate surface area is 865 Å². The molecule has 0 N–H and O–H groups in total. The largest absolute Gasteiger partial charge is 0.469 e. The van der Waals surface area contributed by atoms with E-state index in [0.717, 1.165) is 55.5 Å². The summed E-state index contributed by atoms with van der Waals surface area (Å²) in [5.74, 6) is -8.05. The van der Waals surface area contributed by atoms with Crippen LogP contribution < -0.4 is 0 Å². The minimum absolute atomic E-state index is 0. The van der Waals surface area contributed by atoms with Gasteiger partial charge in [-0.15, -0.1) is 0 Å². The first-order valence-corrected chi connectivity index (χ1v) is 51.3. The molecule has 24 unspecified atom stereocenters. The van der Waals surface area contributed by atoms with Crippen LogP contribution in [0.2, 0.25) is 0 Å². The molecule has 11 heterocycles. The summed E-state index contributed by atoms with van der Waals surface area (Å²) in [7, 11) is 4.35. The number of rotatable bonds is 24. The van der Waals surface area contributed by atoms with E-state index in [0.29, 0.717) is 96.1 Å². The van der Waals surface area contributed by atoms with Crippen LogP contribution in [-0.4, -0.2) is 266 Å². The number of ether oxygens (including phenoxy) is 23. The van der Waals surface area contributed by atoms with Crippen LogP contribution in [0.5, 0.6) is 0 Å². The number of carbonyl (C=O) groups is 15. The lowest BCUT2D eigenvalue weighted by Crippen LogP contribution is -2.65. The van der Waals surface area contributed by atoms with Gasteiger partial charge >= 0.3 is 95.5 Å². The highest BCUT2D eigenvalue weighted by atomic mass is 19.3. The van der Waals surface area contributed by atoms with Crippen molar-refractivity contribution in [1.82, 2.24) is 0 Å². The number of carbonyl (C=O) groups excluding carboxylic acids is 15. The number of hydrogen-bond acceptors (Lipinski definition) is 38. The molecule has 11 saturated heterocycles. The summed E-state index contributed by atoms with van der Waals surface area (Å²) < 4.78 is 150. The third-order valence-corrected chi connectivity index (χ3v) is 33.4. The fourth-order valence-electron chi connectivity index (χ4n) is 20.0. The number of alkyl halides is 2. The van der Waals surface area contributed by atoms with Crippen LogP contribution in [-0.2, 0) is 181 Å². The van der Waals surface area contributed by atoms with Crippen molar-refractivity contribution in [2.24, 2.45) is 96.1 Å². The van der Waals surface area contributed by atoms with Crippen LogP contribution in [0.3, 0.4) is 0 Å². The molecule has 5 aliphatic carbocycles. The lowest BCUT2D eigenvalue weighted by molar-refractivity contribution is -0.468. The molecule has 38 nitrogen and oxygen atoms in total. The van der Waals surface area contributed by atoms with Gasteiger partial charge in [0.2, 0.25) is 35.5 Å². The van der Waals surface area contributed by atoms with E-state index in [9.17, 15) is 80.7 Å². The summed E-state index contributed by atoms with van der Waals surface area (Å²) >= 11 is 0. The van der Waals surface area contributed by atoms with E-state index in [2.05, 4.69) is 9.47 Å². The van der Waals surface area contributed by atoms with E-state index in [4.69, 9.17) is 99.5 Å². The highest BCUT2D eigenvalue weighted by molar-refractivity contribution is 5.89. The monoisotopic (exact) mass is 2100 g/mol. The van der Waals surface area contributed by atoms with Crippen molar-refractivity contribution in [3.8, 4) is 0 Å². The van der Waals surface area contributed by atoms with Gasteiger partial charge in [0.15, 0.2) is 36.5 Å². The minimum atomic E-state index is -3.81. The maximum absolute atomic E-state index is 13.7. The van der Waals surface area contributed by atoms with Gasteiger partial charge in [0, 0.05) is 64.3 Å². The van der Waals surface area contributed by atoms with Crippen molar-refractivity contribution in [3.63, 3.8) is 0 Å². The van der Waals surface area contributed by atoms with E-state index in [1.54, 1.807) is 90.0 Å². The molecule has 24 atom stereocenters. The molecule has 0 radical (unpaired) electrons. The Kier molecular flexibility index (Phi) is 40.9. The maximum atomic E-state index is 13.7. The highest BCUT2D eigenvalue weighted by Gasteiger charge is 2.72. The van der Waals surface area contributed by atoms with Gasteiger partial charge in [-0.1, -0.05) is 77.2 Å². The number of hydrogen-bond donors (Lipinski definition) is 0. The van der Waals surface area contributed by atoms with Gasteiger partial charge in [0.05, 0.1) is 90.1 Å². The first-order valence-electron chi connectivity index (χ1n) is 51.3. The van der Waals surface area contributed by atoms with Gasteiger partial charge in [-0.05, 0) is 244 Å². The second kappa shape index (κ2) is 47.9. The van der Waals surface area contributed by atoms with E-state index in [1.807, 2.05) is 96.9 Å². The van der Waals surface area contributed by atoms with Gasteiger partial charge in [-0.25, -0.2) is 28.8 Å². The summed E-state index contributed by atoms with van der Waals surface area (Å²) in [6, 6.07) is 0. The Morgan fingerprint density at radius 2 is 0.918 bits per heavy atom. The average Bonchev–Trinajstić information content (AvgIpc) is 1.53. The van der Waals surface area contributed by atoms with Crippen LogP contribution in [0.15, 0.2) is 0 Å². The molecular weight excluding hydrogens is 1930 g/mol. The van der Waals surface area contributed by atoms with E-state index < -0.39 is 199 Å². The van der Waals surface area contributed by atoms with Gasteiger partial charge in [0.1, 0.15) is 36.4 Å². The molecule has 147 heavy (non-hydrogen) atoms. The molecule has 16 rings (SSSR count). The van der Waals surface area contributed by atoms with Crippen molar-refractivity contribution < 1.29 is 190 Å². The molecule has 5 saturated carbocycles. The van der Waals surface area contributed by atoms with Gasteiger partial charge in [-0.3, -0.25) is 43.2 Å². The molecule has 0 aromatic rings. The quantitative estimate of drug-likeness (QED) is 0.0492.